The molecule has 0 bridgehead atoms. The molecule has 21 heavy (non-hydrogen) atoms. The van der Waals surface area contributed by atoms with E-state index in [1.165, 1.54) is 28.3 Å². The normalized spacial score (nSPS) is 12.5. The van der Waals surface area contributed by atoms with Gasteiger partial charge in [-0.1, -0.05) is 33.6 Å². The van der Waals surface area contributed by atoms with E-state index < -0.39 is 0 Å². The molecule has 0 saturated heterocycles. The van der Waals surface area contributed by atoms with E-state index in [-0.39, 0.29) is 11.9 Å². The van der Waals surface area contributed by atoms with Crippen LogP contribution in [0.1, 0.15) is 33.9 Å². The Bertz CT molecular complexity index is 608. The van der Waals surface area contributed by atoms with Crippen molar-refractivity contribution in [2.45, 2.75) is 33.2 Å². The molecule has 0 fully saturated rings. The third-order valence-corrected chi connectivity index (χ3v) is 4.25. The van der Waals surface area contributed by atoms with Gasteiger partial charge in [0, 0.05) is 10.5 Å². The first-order chi connectivity index (χ1) is 9.90. The van der Waals surface area contributed by atoms with E-state index in [4.69, 9.17) is 0 Å². The summed E-state index contributed by atoms with van der Waals surface area (Å²) in [5.41, 5.74) is 6.13. The highest BCUT2D eigenvalue weighted by Gasteiger charge is 2.16. The molecule has 0 radical (unpaired) electrons. The second-order valence-corrected chi connectivity index (χ2v) is 6.55. The van der Waals surface area contributed by atoms with Crippen molar-refractivity contribution in [1.29, 1.82) is 0 Å². The maximum atomic E-state index is 13.5. The molecule has 0 saturated carbocycles. The molecule has 0 aliphatic rings. The predicted octanol–water partition coefficient (Wildman–Crippen LogP) is 5.02. The van der Waals surface area contributed by atoms with Gasteiger partial charge in [-0.05, 0) is 74.7 Å². The lowest BCUT2D eigenvalue weighted by Crippen LogP contribution is -2.21. The van der Waals surface area contributed by atoms with Crippen molar-refractivity contribution in [2.24, 2.45) is 0 Å². The van der Waals surface area contributed by atoms with Crippen molar-refractivity contribution in [3.63, 3.8) is 0 Å². The Morgan fingerprint density at radius 3 is 2.19 bits per heavy atom. The van der Waals surface area contributed by atoms with Crippen LogP contribution in [0, 0.1) is 26.6 Å². The fraction of sp³-hybridized carbons (Fsp3) is 0.333. The van der Waals surface area contributed by atoms with Gasteiger partial charge in [-0.2, -0.15) is 0 Å². The van der Waals surface area contributed by atoms with Crippen LogP contribution in [-0.2, 0) is 6.42 Å². The first kappa shape index (κ1) is 16.2. The van der Waals surface area contributed by atoms with Crippen molar-refractivity contribution in [3.8, 4) is 0 Å². The van der Waals surface area contributed by atoms with E-state index in [2.05, 4.69) is 54.2 Å². The molecule has 112 valence electrons. The summed E-state index contributed by atoms with van der Waals surface area (Å²) in [7, 11) is 1.96. The minimum atomic E-state index is -0.202. The molecule has 2 aromatic carbocycles. The zero-order valence-electron chi connectivity index (χ0n) is 12.9. The average molecular weight is 350 g/mol. The van der Waals surface area contributed by atoms with E-state index >= 15 is 0 Å². The number of hydrogen-bond acceptors (Lipinski definition) is 1. The first-order valence-corrected chi connectivity index (χ1v) is 7.90. The smallest absolute Gasteiger partial charge is 0.124 e. The zero-order chi connectivity index (χ0) is 15.6. The molecular formula is C18H21BrFN. The number of likely N-dealkylation sites (N-methyl/N-ethyl adjacent to an activating group) is 1. The molecule has 1 N–H and O–H groups in total. The van der Waals surface area contributed by atoms with Gasteiger partial charge >= 0.3 is 0 Å². The number of hydrogen-bond donors (Lipinski definition) is 1. The summed E-state index contributed by atoms with van der Waals surface area (Å²) in [5.74, 6) is -0.202. The topological polar surface area (TPSA) is 12.0 Å². The number of aryl methyl sites for hydroxylation is 3. The molecule has 2 aromatic rings. The van der Waals surface area contributed by atoms with Crippen molar-refractivity contribution in [1.82, 2.24) is 5.32 Å². The SMILES string of the molecule is CNC(Cc1cc(F)cc(Br)c1)c1c(C)cc(C)cc1C. The molecule has 0 aromatic heterocycles. The molecule has 0 aliphatic carbocycles. The third kappa shape index (κ3) is 3.92. The highest BCUT2D eigenvalue weighted by molar-refractivity contribution is 9.10. The number of nitrogens with one attached hydrogen (secondary N) is 1. The monoisotopic (exact) mass is 349 g/mol. The Morgan fingerprint density at radius 2 is 1.67 bits per heavy atom. The van der Waals surface area contributed by atoms with Crippen LogP contribution in [0.4, 0.5) is 4.39 Å². The van der Waals surface area contributed by atoms with Crippen LogP contribution >= 0.6 is 15.9 Å². The molecule has 1 unspecified atom stereocenters. The van der Waals surface area contributed by atoms with Gasteiger partial charge < -0.3 is 5.32 Å². The second-order valence-electron chi connectivity index (χ2n) is 5.64. The van der Waals surface area contributed by atoms with Crippen molar-refractivity contribution < 1.29 is 4.39 Å². The van der Waals surface area contributed by atoms with Crippen molar-refractivity contribution >= 4 is 15.9 Å². The number of halogens is 2. The Kier molecular flexibility index (Phi) is 5.17. The van der Waals surface area contributed by atoms with Gasteiger partial charge in [0.25, 0.3) is 0 Å². The quantitative estimate of drug-likeness (QED) is 0.817. The van der Waals surface area contributed by atoms with E-state index in [0.717, 1.165) is 16.5 Å². The van der Waals surface area contributed by atoms with Gasteiger partial charge in [-0.25, -0.2) is 4.39 Å². The Morgan fingerprint density at radius 1 is 1.05 bits per heavy atom. The Balaban J connectivity index is 2.36. The summed E-state index contributed by atoms with van der Waals surface area (Å²) in [4.78, 5) is 0. The van der Waals surface area contributed by atoms with Gasteiger partial charge in [0.05, 0.1) is 0 Å². The first-order valence-electron chi connectivity index (χ1n) is 7.10. The predicted molar refractivity (Wildman–Crippen MR) is 90.3 cm³/mol. The fourth-order valence-corrected chi connectivity index (χ4v) is 3.57. The maximum absolute atomic E-state index is 13.5. The zero-order valence-corrected chi connectivity index (χ0v) is 14.5. The summed E-state index contributed by atoms with van der Waals surface area (Å²) < 4.78 is 14.3. The molecule has 1 nitrogen and oxygen atoms in total. The van der Waals surface area contributed by atoms with E-state index in [1.807, 2.05) is 13.1 Å². The van der Waals surface area contributed by atoms with Gasteiger partial charge in [0.15, 0.2) is 0 Å². The van der Waals surface area contributed by atoms with Gasteiger partial charge in [0.1, 0.15) is 5.82 Å². The number of rotatable bonds is 4. The van der Waals surface area contributed by atoms with Crippen LogP contribution in [0.25, 0.3) is 0 Å². The van der Waals surface area contributed by atoms with Gasteiger partial charge in [-0.3, -0.25) is 0 Å². The van der Waals surface area contributed by atoms with Crippen LogP contribution in [0.3, 0.4) is 0 Å². The van der Waals surface area contributed by atoms with E-state index in [9.17, 15) is 4.39 Å². The number of benzene rings is 2. The summed E-state index contributed by atoms with van der Waals surface area (Å²) in [6.07, 6.45) is 0.762. The van der Waals surface area contributed by atoms with Crippen LogP contribution in [0.2, 0.25) is 0 Å². The van der Waals surface area contributed by atoms with Gasteiger partial charge in [-0.15, -0.1) is 0 Å². The van der Waals surface area contributed by atoms with Crippen LogP contribution in [-0.4, -0.2) is 7.05 Å². The Labute approximate surface area is 134 Å². The second kappa shape index (κ2) is 6.71. The largest absolute Gasteiger partial charge is 0.313 e. The molecule has 0 amide bonds. The van der Waals surface area contributed by atoms with E-state index in [0.29, 0.717) is 0 Å². The molecule has 1 atom stereocenters. The highest BCUT2D eigenvalue weighted by atomic mass is 79.9. The van der Waals surface area contributed by atoms with Crippen LogP contribution < -0.4 is 5.32 Å². The third-order valence-electron chi connectivity index (χ3n) is 3.80. The Hall–Kier alpha value is -1.19. The summed E-state index contributed by atoms with van der Waals surface area (Å²) in [6, 6.07) is 9.65. The molecule has 3 heteroatoms. The molecular weight excluding hydrogens is 329 g/mol. The van der Waals surface area contributed by atoms with Crippen molar-refractivity contribution in [2.75, 3.05) is 7.05 Å². The highest BCUT2D eigenvalue weighted by Crippen LogP contribution is 2.27. The lowest BCUT2D eigenvalue weighted by molar-refractivity contribution is 0.578. The molecule has 0 aliphatic heterocycles. The van der Waals surface area contributed by atoms with Crippen molar-refractivity contribution in [3.05, 3.63) is 68.4 Å². The average Bonchev–Trinajstić information content (AvgIpc) is 2.35. The molecule has 0 heterocycles. The molecule has 0 spiro atoms. The lowest BCUT2D eigenvalue weighted by atomic mass is 9.90. The lowest BCUT2D eigenvalue weighted by Gasteiger charge is -2.22. The minimum absolute atomic E-state index is 0.180. The fourth-order valence-electron chi connectivity index (χ4n) is 3.05. The van der Waals surface area contributed by atoms with Crippen LogP contribution in [0.5, 0.6) is 0 Å². The summed E-state index contributed by atoms with van der Waals surface area (Å²) in [5, 5.41) is 3.37. The van der Waals surface area contributed by atoms with Gasteiger partial charge in [0.2, 0.25) is 0 Å². The minimum Gasteiger partial charge on any atom is -0.313 e. The molecule has 2 rings (SSSR count). The maximum Gasteiger partial charge on any atom is 0.124 e. The summed E-state index contributed by atoms with van der Waals surface area (Å²) >= 11 is 3.36. The summed E-state index contributed by atoms with van der Waals surface area (Å²) in [6.45, 7) is 6.39. The van der Waals surface area contributed by atoms with Crippen LogP contribution in [0.15, 0.2) is 34.8 Å². The standard InChI is InChI=1S/C18H21BrFN/c1-11-5-12(2)18(13(3)6-11)17(21-4)9-14-7-15(19)10-16(20)8-14/h5-8,10,17,21H,9H2,1-4H3. The van der Waals surface area contributed by atoms with E-state index in [1.54, 1.807) is 6.07 Å².